The highest BCUT2D eigenvalue weighted by Gasteiger charge is 2.03. The zero-order valence-electron chi connectivity index (χ0n) is 8.20. The van der Waals surface area contributed by atoms with Crippen molar-refractivity contribution in [3.8, 4) is 0 Å². The lowest BCUT2D eigenvalue weighted by atomic mass is 10.2. The van der Waals surface area contributed by atoms with Crippen molar-refractivity contribution in [3.05, 3.63) is 18.3 Å². The predicted octanol–water partition coefficient (Wildman–Crippen LogP) is 1.03. The minimum Gasteiger partial charge on any atom is -0.397 e. The van der Waals surface area contributed by atoms with Crippen molar-refractivity contribution in [1.82, 2.24) is 15.2 Å². The van der Waals surface area contributed by atoms with Crippen LogP contribution in [0.15, 0.2) is 18.3 Å². The summed E-state index contributed by atoms with van der Waals surface area (Å²) in [6, 6.07) is 3.84. The van der Waals surface area contributed by atoms with Gasteiger partial charge in [0.15, 0.2) is 0 Å². The highest BCUT2D eigenvalue weighted by molar-refractivity contribution is 5.88. The van der Waals surface area contributed by atoms with Crippen molar-refractivity contribution in [2.24, 2.45) is 0 Å². The third kappa shape index (κ3) is 1.49. The molecular weight excluding hydrogens is 178 g/mol. The monoisotopic (exact) mass is 191 g/mol. The zero-order chi connectivity index (χ0) is 10.1. The van der Waals surface area contributed by atoms with Gasteiger partial charge in [-0.3, -0.25) is 5.10 Å². The summed E-state index contributed by atoms with van der Waals surface area (Å²) >= 11 is 0. The van der Waals surface area contributed by atoms with E-state index in [9.17, 15) is 0 Å². The molecule has 0 unspecified atom stereocenters. The fraction of sp³-hybridized carbons (Fsp3) is 0.222. The number of rotatable bonds is 2. The fourth-order valence-corrected chi connectivity index (χ4v) is 1.35. The molecule has 5 nitrogen and oxygen atoms in total. The molecule has 0 atom stereocenters. The lowest BCUT2D eigenvalue weighted by molar-refractivity contribution is 0.496. The van der Waals surface area contributed by atoms with Crippen LogP contribution in [0, 0.1) is 0 Å². The van der Waals surface area contributed by atoms with E-state index in [1.165, 1.54) is 0 Å². The number of nitrogens with one attached hydrogen (secondary N) is 2. The largest absolute Gasteiger partial charge is 0.397 e. The number of hydrogen-bond acceptors (Lipinski definition) is 4. The van der Waals surface area contributed by atoms with Crippen molar-refractivity contribution in [2.45, 2.75) is 0 Å². The molecule has 1 aromatic carbocycles. The number of benzene rings is 1. The molecule has 5 heteroatoms. The topological polar surface area (TPSA) is 70.0 Å². The maximum atomic E-state index is 5.86. The molecule has 1 heterocycles. The second-order valence-corrected chi connectivity index (χ2v) is 3.40. The van der Waals surface area contributed by atoms with Gasteiger partial charge in [0.2, 0.25) is 0 Å². The molecule has 14 heavy (non-hydrogen) atoms. The lowest BCUT2D eigenvalue weighted by Crippen LogP contribution is -2.20. The van der Waals surface area contributed by atoms with E-state index in [0.717, 1.165) is 16.6 Å². The van der Waals surface area contributed by atoms with E-state index in [-0.39, 0.29) is 0 Å². The predicted molar refractivity (Wildman–Crippen MR) is 57.8 cm³/mol. The molecule has 0 radical (unpaired) electrons. The summed E-state index contributed by atoms with van der Waals surface area (Å²) in [5.41, 5.74) is 11.6. The summed E-state index contributed by atoms with van der Waals surface area (Å²) in [5, 5.41) is 9.70. The highest BCUT2D eigenvalue weighted by atomic mass is 15.5. The Bertz CT molecular complexity index is 445. The van der Waals surface area contributed by atoms with Gasteiger partial charge in [-0.25, -0.2) is 5.01 Å². The Labute approximate surface area is 81.9 Å². The van der Waals surface area contributed by atoms with Gasteiger partial charge in [0, 0.05) is 19.5 Å². The van der Waals surface area contributed by atoms with Crippen LogP contribution in [0.5, 0.6) is 0 Å². The minimum absolute atomic E-state index is 0.715. The number of nitrogen functional groups attached to an aromatic ring is 1. The van der Waals surface area contributed by atoms with Crippen molar-refractivity contribution in [3.63, 3.8) is 0 Å². The van der Waals surface area contributed by atoms with Gasteiger partial charge in [0.1, 0.15) is 0 Å². The van der Waals surface area contributed by atoms with Gasteiger partial charge in [-0.05, 0) is 12.1 Å². The van der Waals surface area contributed by atoms with Gasteiger partial charge >= 0.3 is 0 Å². The average molecular weight is 191 g/mol. The van der Waals surface area contributed by atoms with Crippen LogP contribution in [0.2, 0.25) is 0 Å². The van der Waals surface area contributed by atoms with Crippen molar-refractivity contribution in [2.75, 3.05) is 25.3 Å². The van der Waals surface area contributed by atoms with Gasteiger partial charge in [-0.15, -0.1) is 0 Å². The Hall–Kier alpha value is -1.75. The van der Waals surface area contributed by atoms with Crippen LogP contribution in [0.3, 0.4) is 0 Å². The molecule has 0 bridgehead atoms. The van der Waals surface area contributed by atoms with Crippen LogP contribution in [-0.4, -0.2) is 29.3 Å². The van der Waals surface area contributed by atoms with E-state index in [1.807, 2.05) is 31.2 Å². The van der Waals surface area contributed by atoms with Gasteiger partial charge in [0.25, 0.3) is 0 Å². The molecule has 2 rings (SSSR count). The van der Waals surface area contributed by atoms with E-state index in [4.69, 9.17) is 5.73 Å². The Balaban J connectivity index is 2.48. The Morgan fingerprint density at radius 3 is 2.93 bits per heavy atom. The average Bonchev–Trinajstić information content (AvgIpc) is 2.51. The van der Waals surface area contributed by atoms with Gasteiger partial charge < -0.3 is 11.2 Å². The molecule has 1 aromatic heterocycles. The van der Waals surface area contributed by atoms with Gasteiger partial charge in [-0.2, -0.15) is 5.10 Å². The summed E-state index contributed by atoms with van der Waals surface area (Å²) in [6.07, 6.45) is 1.76. The molecule has 4 N–H and O–H groups in total. The first kappa shape index (κ1) is 8.83. The third-order valence-electron chi connectivity index (χ3n) is 1.95. The van der Waals surface area contributed by atoms with Crippen LogP contribution in [0.1, 0.15) is 0 Å². The first-order valence-corrected chi connectivity index (χ1v) is 4.33. The van der Waals surface area contributed by atoms with E-state index >= 15 is 0 Å². The Morgan fingerprint density at radius 1 is 1.43 bits per heavy atom. The maximum Gasteiger partial charge on any atom is 0.0741 e. The molecule has 0 saturated heterocycles. The number of H-pyrrole nitrogens is 1. The molecule has 0 amide bonds. The SMILES string of the molecule is CN(C)Nc1cc2[nH]ncc2cc1N. The first-order valence-electron chi connectivity index (χ1n) is 4.33. The van der Waals surface area contributed by atoms with Crippen molar-refractivity contribution < 1.29 is 0 Å². The van der Waals surface area contributed by atoms with Crippen LogP contribution < -0.4 is 11.2 Å². The second kappa shape index (κ2) is 3.19. The highest BCUT2D eigenvalue weighted by Crippen LogP contribution is 2.24. The summed E-state index contributed by atoms with van der Waals surface area (Å²) in [6.45, 7) is 0. The first-order chi connectivity index (χ1) is 6.66. The number of hydrazine groups is 1. The number of fused-ring (bicyclic) bond motifs is 1. The summed E-state index contributed by atoms with van der Waals surface area (Å²) < 4.78 is 0. The molecule has 0 aliphatic rings. The van der Waals surface area contributed by atoms with Crippen LogP contribution in [0.25, 0.3) is 10.9 Å². The molecular formula is C9H13N5. The molecule has 0 aliphatic heterocycles. The van der Waals surface area contributed by atoms with Gasteiger partial charge in [0.05, 0.1) is 23.1 Å². The van der Waals surface area contributed by atoms with Crippen molar-refractivity contribution in [1.29, 1.82) is 0 Å². The number of hydrogen-bond donors (Lipinski definition) is 3. The normalized spacial score (nSPS) is 11.1. The Kier molecular flexibility index (Phi) is 2.01. The number of anilines is 2. The van der Waals surface area contributed by atoms with Crippen molar-refractivity contribution >= 4 is 22.3 Å². The summed E-state index contributed by atoms with van der Waals surface area (Å²) in [7, 11) is 3.83. The minimum atomic E-state index is 0.715. The molecule has 74 valence electrons. The zero-order valence-corrected chi connectivity index (χ0v) is 8.20. The van der Waals surface area contributed by atoms with E-state index in [0.29, 0.717) is 5.69 Å². The molecule has 0 saturated carbocycles. The number of aromatic amines is 1. The van der Waals surface area contributed by atoms with Gasteiger partial charge in [-0.1, -0.05) is 0 Å². The van der Waals surface area contributed by atoms with Crippen LogP contribution in [-0.2, 0) is 0 Å². The van der Waals surface area contributed by atoms with Crippen LogP contribution in [0.4, 0.5) is 11.4 Å². The number of aromatic nitrogens is 2. The quantitative estimate of drug-likeness (QED) is 0.490. The summed E-state index contributed by atoms with van der Waals surface area (Å²) in [5.74, 6) is 0. The van der Waals surface area contributed by atoms with E-state index in [1.54, 1.807) is 6.20 Å². The van der Waals surface area contributed by atoms with E-state index in [2.05, 4.69) is 15.6 Å². The Morgan fingerprint density at radius 2 is 2.21 bits per heavy atom. The maximum absolute atomic E-state index is 5.86. The summed E-state index contributed by atoms with van der Waals surface area (Å²) in [4.78, 5) is 0. The second-order valence-electron chi connectivity index (χ2n) is 3.40. The molecule has 0 fully saturated rings. The smallest absolute Gasteiger partial charge is 0.0741 e. The standard InChI is InChI=1S/C9H13N5/c1-14(2)13-9-4-8-6(3-7(9)10)5-11-12-8/h3-5,13H,10H2,1-2H3,(H,11,12). The van der Waals surface area contributed by atoms with E-state index < -0.39 is 0 Å². The lowest BCUT2D eigenvalue weighted by Gasteiger charge is -2.15. The molecule has 2 aromatic rings. The number of nitrogens with two attached hydrogens (primary N) is 1. The van der Waals surface area contributed by atoms with Crippen LogP contribution >= 0.6 is 0 Å². The number of nitrogens with zero attached hydrogens (tertiary/aromatic N) is 2. The third-order valence-corrected chi connectivity index (χ3v) is 1.95. The molecule has 0 spiro atoms. The molecule has 0 aliphatic carbocycles. The fourth-order valence-electron chi connectivity index (χ4n) is 1.35.